The Kier molecular flexibility index (Phi) is 4.45. The van der Waals surface area contributed by atoms with E-state index in [0.717, 1.165) is 5.56 Å². The van der Waals surface area contributed by atoms with E-state index in [4.69, 9.17) is 27.9 Å². The van der Waals surface area contributed by atoms with Gasteiger partial charge in [-0.2, -0.15) is 0 Å². The molecule has 0 radical (unpaired) electrons. The van der Waals surface area contributed by atoms with E-state index in [1.54, 1.807) is 24.3 Å². The number of aromatic nitrogens is 1. The molecule has 0 atom stereocenters. The van der Waals surface area contributed by atoms with Crippen LogP contribution >= 0.6 is 23.2 Å². The average Bonchev–Trinajstić information content (AvgIpc) is 2.66. The molecule has 1 heterocycles. The topological polar surface area (TPSA) is 103 Å². The van der Waals surface area contributed by atoms with E-state index >= 15 is 0 Å². The normalized spacial score (nSPS) is 11.2. The fourth-order valence-corrected chi connectivity index (χ4v) is 3.27. The van der Waals surface area contributed by atoms with Gasteiger partial charge >= 0.3 is 0 Å². The summed E-state index contributed by atoms with van der Waals surface area (Å²) < 4.78 is 5.79. The number of fused-ring (bicyclic) bond motifs is 3. The van der Waals surface area contributed by atoms with Crippen LogP contribution in [0.3, 0.4) is 0 Å². The summed E-state index contributed by atoms with van der Waals surface area (Å²) in [6, 6.07) is 10.5. The third kappa shape index (κ3) is 3.06. The summed E-state index contributed by atoms with van der Waals surface area (Å²) in [7, 11) is 0. The van der Waals surface area contributed by atoms with Gasteiger partial charge in [-0.05, 0) is 35.9 Å². The molecular weight excluding hydrogens is 405 g/mol. The Hall–Kier alpha value is -3.09. The lowest BCUT2D eigenvalue weighted by molar-refractivity contribution is 0.297. The molecule has 1 aromatic heterocycles. The van der Waals surface area contributed by atoms with Gasteiger partial charge < -0.3 is 25.2 Å². The summed E-state index contributed by atoms with van der Waals surface area (Å²) in [6.07, 6.45) is 0. The number of nitrogens with zero attached hydrogens (tertiary/aromatic N) is 1. The van der Waals surface area contributed by atoms with Crippen LogP contribution in [0.4, 0.5) is 0 Å². The van der Waals surface area contributed by atoms with Gasteiger partial charge in [-0.1, -0.05) is 29.3 Å². The Bertz CT molecular complexity index is 1240. The summed E-state index contributed by atoms with van der Waals surface area (Å²) >= 11 is 11.9. The molecule has 0 spiro atoms. The van der Waals surface area contributed by atoms with Gasteiger partial charge in [0.05, 0.1) is 20.9 Å². The molecule has 0 bridgehead atoms. The van der Waals surface area contributed by atoms with Crippen molar-refractivity contribution < 1.29 is 25.2 Å². The molecule has 0 fully saturated rings. The zero-order chi connectivity index (χ0) is 20.0. The first-order valence-electron chi connectivity index (χ1n) is 8.12. The highest BCUT2D eigenvalue weighted by Gasteiger charge is 2.18. The predicted octanol–water partition coefficient (Wildman–Crippen LogP) is 5.10. The molecule has 0 aliphatic heterocycles. The van der Waals surface area contributed by atoms with Crippen LogP contribution in [0.5, 0.6) is 28.9 Å². The number of hydrogen-bond donors (Lipinski definition) is 4. The molecule has 6 nitrogen and oxygen atoms in total. The molecular formula is C20H13Cl2NO5. The molecule has 0 saturated carbocycles. The molecule has 8 heteroatoms. The highest BCUT2D eigenvalue weighted by molar-refractivity contribution is 6.42. The van der Waals surface area contributed by atoms with E-state index in [9.17, 15) is 20.4 Å². The van der Waals surface area contributed by atoms with Gasteiger partial charge in [0.2, 0.25) is 5.88 Å². The van der Waals surface area contributed by atoms with Crippen molar-refractivity contribution >= 4 is 44.9 Å². The summed E-state index contributed by atoms with van der Waals surface area (Å²) in [4.78, 5) is 4.34. The number of rotatable bonds is 3. The minimum absolute atomic E-state index is 0.0482. The molecule has 28 heavy (non-hydrogen) atoms. The van der Waals surface area contributed by atoms with Crippen LogP contribution in [0.2, 0.25) is 10.0 Å². The number of pyridine rings is 1. The van der Waals surface area contributed by atoms with Gasteiger partial charge in [-0.3, -0.25) is 0 Å². The smallest absolute Gasteiger partial charge is 0.226 e. The Morgan fingerprint density at radius 3 is 2.29 bits per heavy atom. The van der Waals surface area contributed by atoms with Crippen molar-refractivity contribution in [2.24, 2.45) is 0 Å². The van der Waals surface area contributed by atoms with Crippen molar-refractivity contribution in [2.75, 3.05) is 0 Å². The maximum atomic E-state index is 10.4. The molecule has 4 rings (SSSR count). The van der Waals surface area contributed by atoms with Crippen molar-refractivity contribution in [3.63, 3.8) is 0 Å². The fraction of sp³-hybridized carbons (Fsp3) is 0.0500. The molecule has 4 aromatic rings. The van der Waals surface area contributed by atoms with Gasteiger partial charge in [-0.15, -0.1) is 0 Å². The summed E-state index contributed by atoms with van der Waals surface area (Å²) in [5.74, 6) is -1.35. The first-order valence-corrected chi connectivity index (χ1v) is 8.88. The second-order valence-electron chi connectivity index (χ2n) is 6.17. The van der Waals surface area contributed by atoms with Crippen molar-refractivity contribution in [1.82, 2.24) is 4.98 Å². The summed E-state index contributed by atoms with van der Waals surface area (Å²) in [5.41, 5.74) is 1.06. The fourth-order valence-electron chi connectivity index (χ4n) is 2.95. The number of ether oxygens (including phenoxy) is 1. The largest absolute Gasteiger partial charge is 0.504 e. The van der Waals surface area contributed by atoms with Crippen LogP contribution < -0.4 is 4.74 Å². The Morgan fingerprint density at radius 1 is 0.786 bits per heavy atom. The van der Waals surface area contributed by atoms with Crippen LogP contribution in [-0.2, 0) is 6.61 Å². The Balaban J connectivity index is 1.88. The van der Waals surface area contributed by atoms with Crippen LogP contribution in [0.1, 0.15) is 5.56 Å². The number of hydrogen-bond acceptors (Lipinski definition) is 6. The van der Waals surface area contributed by atoms with Crippen molar-refractivity contribution in [2.45, 2.75) is 6.61 Å². The summed E-state index contributed by atoms with van der Waals surface area (Å²) in [5, 5.41) is 41.8. The van der Waals surface area contributed by atoms with Gasteiger partial charge in [0, 0.05) is 16.8 Å². The SMILES string of the molecule is Oc1cc2nc(OCc3ccc(Cl)c(Cl)c3)c3c(O)c(O)ccc3c2cc1O. The van der Waals surface area contributed by atoms with Crippen LogP contribution in [0, 0.1) is 0 Å². The van der Waals surface area contributed by atoms with E-state index in [0.29, 0.717) is 26.3 Å². The zero-order valence-electron chi connectivity index (χ0n) is 14.1. The van der Waals surface area contributed by atoms with Crippen molar-refractivity contribution in [1.29, 1.82) is 0 Å². The lowest BCUT2D eigenvalue weighted by atomic mass is 10.0. The highest BCUT2D eigenvalue weighted by Crippen LogP contribution is 2.43. The first-order chi connectivity index (χ1) is 13.3. The van der Waals surface area contributed by atoms with Crippen molar-refractivity contribution in [3.05, 3.63) is 58.1 Å². The van der Waals surface area contributed by atoms with E-state index < -0.39 is 5.75 Å². The quantitative estimate of drug-likeness (QED) is 0.273. The highest BCUT2D eigenvalue weighted by atomic mass is 35.5. The van der Waals surface area contributed by atoms with Gasteiger partial charge in [-0.25, -0.2) is 4.98 Å². The van der Waals surface area contributed by atoms with E-state index in [-0.39, 0.29) is 35.1 Å². The second-order valence-corrected chi connectivity index (χ2v) is 6.98. The molecule has 0 saturated heterocycles. The van der Waals surface area contributed by atoms with E-state index in [1.807, 2.05) is 0 Å². The maximum absolute atomic E-state index is 10.4. The number of phenolic OH excluding ortho intramolecular Hbond substituents is 4. The standard InChI is InChI=1S/C20H13Cl2NO5/c21-12-3-1-9(5-13(12)22)8-28-20-18-10(2-4-15(24)19(18)27)11-6-16(25)17(26)7-14(11)23-20/h1-7,24-27H,8H2. The van der Waals surface area contributed by atoms with Crippen LogP contribution in [0.15, 0.2) is 42.5 Å². The third-order valence-corrected chi connectivity index (χ3v) is 5.07. The van der Waals surface area contributed by atoms with E-state index in [2.05, 4.69) is 4.98 Å². The molecule has 0 aliphatic rings. The molecule has 4 N–H and O–H groups in total. The Morgan fingerprint density at radius 2 is 1.54 bits per heavy atom. The molecule has 3 aromatic carbocycles. The second kappa shape index (κ2) is 6.82. The number of benzene rings is 3. The number of halogens is 2. The van der Waals surface area contributed by atoms with Gasteiger partial charge in [0.25, 0.3) is 0 Å². The summed E-state index contributed by atoms with van der Waals surface area (Å²) in [6.45, 7) is 0.0731. The average molecular weight is 418 g/mol. The third-order valence-electron chi connectivity index (χ3n) is 4.34. The lowest BCUT2D eigenvalue weighted by Crippen LogP contribution is -1.99. The maximum Gasteiger partial charge on any atom is 0.226 e. The minimum atomic E-state index is -0.399. The van der Waals surface area contributed by atoms with Gasteiger partial charge in [0.15, 0.2) is 23.0 Å². The molecule has 142 valence electrons. The van der Waals surface area contributed by atoms with Crippen LogP contribution in [-0.4, -0.2) is 25.4 Å². The minimum Gasteiger partial charge on any atom is -0.504 e. The number of phenols is 4. The number of aromatic hydroxyl groups is 4. The first kappa shape index (κ1) is 18.3. The predicted molar refractivity (Wildman–Crippen MR) is 107 cm³/mol. The van der Waals surface area contributed by atoms with E-state index in [1.165, 1.54) is 18.2 Å². The molecule has 0 amide bonds. The molecule has 0 unspecified atom stereocenters. The lowest BCUT2D eigenvalue weighted by Gasteiger charge is -2.14. The molecule has 0 aliphatic carbocycles. The zero-order valence-corrected chi connectivity index (χ0v) is 15.7. The monoisotopic (exact) mass is 417 g/mol. The van der Waals surface area contributed by atoms with Crippen molar-refractivity contribution in [3.8, 4) is 28.9 Å². The van der Waals surface area contributed by atoms with Crippen LogP contribution in [0.25, 0.3) is 21.7 Å². The van der Waals surface area contributed by atoms with Gasteiger partial charge in [0.1, 0.15) is 6.61 Å². The Labute approximate surface area is 168 Å².